The molecule has 0 aliphatic rings. The number of carboxylic acids is 1. The highest BCUT2D eigenvalue weighted by Crippen LogP contribution is 2.26. The number of nitrogens with zero attached hydrogens (tertiary/aromatic N) is 4. The molecule has 25 heavy (non-hydrogen) atoms. The van der Waals surface area contributed by atoms with Crippen molar-refractivity contribution >= 4 is 29.1 Å². The van der Waals surface area contributed by atoms with Crippen LogP contribution in [-0.2, 0) is 4.74 Å². The Balaban J connectivity index is 2.12. The normalized spacial score (nSPS) is 11.1. The number of benzene rings is 1. The second kappa shape index (κ2) is 6.52. The molecule has 0 radical (unpaired) electrons. The molecular weight excluding hydrogens is 324 g/mol. The standard InChI is InChI=1S/C17H14N4O4/c1-10-7-8-21-13(9-10)18-14(16(22)23)15(21)20-19-12-6-4-3-5-11(12)17(24)25-2/h3-9H,1-2H3,(H,22,23). The maximum absolute atomic E-state index is 11.8. The van der Waals surface area contributed by atoms with Gasteiger partial charge in [0.2, 0.25) is 0 Å². The van der Waals surface area contributed by atoms with Crippen molar-refractivity contribution in [1.29, 1.82) is 0 Å². The summed E-state index contributed by atoms with van der Waals surface area (Å²) in [5, 5.41) is 17.4. The number of hydrogen-bond donors (Lipinski definition) is 1. The number of carbonyl (C=O) groups is 2. The first-order valence-electron chi connectivity index (χ1n) is 7.32. The van der Waals surface area contributed by atoms with Gasteiger partial charge in [-0.15, -0.1) is 10.2 Å². The highest BCUT2D eigenvalue weighted by molar-refractivity contribution is 5.95. The maximum Gasteiger partial charge on any atom is 0.358 e. The van der Waals surface area contributed by atoms with Crippen molar-refractivity contribution in [2.75, 3.05) is 7.11 Å². The first-order valence-corrected chi connectivity index (χ1v) is 7.32. The number of imidazole rings is 1. The SMILES string of the molecule is COC(=O)c1ccccc1N=Nc1c(C(=O)O)nc2cc(C)ccn12. The van der Waals surface area contributed by atoms with E-state index in [2.05, 4.69) is 15.2 Å². The summed E-state index contributed by atoms with van der Waals surface area (Å²) < 4.78 is 6.24. The van der Waals surface area contributed by atoms with Gasteiger partial charge in [0.15, 0.2) is 11.5 Å². The predicted molar refractivity (Wildman–Crippen MR) is 88.8 cm³/mol. The molecule has 0 aliphatic carbocycles. The molecule has 0 amide bonds. The van der Waals surface area contributed by atoms with Gasteiger partial charge in [-0.1, -0.05) is 12.1 Å². The molecule has 0 bridgehead atoms. The van der Waals surface area contributed by atoms with E-state index in [1.807, 2.05) is 13.0 Å². The van der Waals surface area contributed by atoms with Crippen LogP contribution >= 0.6 is 0 Å². The minimum Gasteiger partial charge on any atom is -0.476 e. The zero-order valence-electron chi connectivity index (χ0n) is 13.5. The lowest BCUT2D eigenvalue weighted by Gasteiger charge is -2.02. The molecular formula is C17H14N4O4. The molecule has 0 aliphatic heterocycles. The molecule has 3 aromatic rings. The number of esters is 1. The van der Waals surface area contributed by atoms with Gasteiger partial charge in [0.25, 0.3) is 0 Å². The van der Waals surface area contributed by atoms with E-state index in [1.165, 1.54) is 11.5 Å². The van der Waals surface area contributed by atoms with E-state index in [0.717, 1.165) is 5.56 Å². The van der Waals surface area contributed by atoms with E-state index < -0.39 is 11.9 Å². The predicted octanol–water partition coefficient (Wildman–Crippen LogP) is 3.54. The van der Waals surface area contributed by atoms with Crippen molar-refractivity contribution in [3.05, 3.63) is 59.4 Å². The van der Waals surface area contributed by atoms with Gasteiger partial charge in [-0.05, 0) is 36.8 Å². The highest BCUT2D eigenvalue weighted by Gasteiger charge is 2.19. The Morgan fingerprint density at radius 2 is 1.96 bits per heavy atom. The van der Waals surface area contributed by atoms with Crippen molar-refractivity contribution < 1.29 is 19.4 Å². The first-order chi connectivity index (χ1) is 12.0. The van der Waals surface area contributed by atoms with Crippen molar-refractivity contribution in [2.24, 2.45) is 10.2 Å². The summed E-state index contributed by atoms with van der Waals surface area (Å²) >= 11 is 0. The average molecular weight is 338 g/mol. The number of carbonyl (C=O) groups excluding carboxylic acids is 1. The van der Waals surface area contributed by atoms with Gasteiger partial charge in [-0.25, -0.2) is 14.6 Å². The number of rotatable bonds is 4. The molecule has 0 saturated heterocycles. The Morgan fingerprint density at radius 1 is 1.20 bits per heavy atom. The molecule has 2 heterocycles. The minimum atomic E-state index is -1.21. The molecule has 126 valence electrons. The topological polar surface area (TPSA) is 106 Å². The van der Waals surface area contributed by atoms with Crippen molar-refractivity contribution in [2.45, 2.75) is 6.92 Å². The molecule has 1 N–H and O–H groups in total. The van der Waals surface area contributed by atoms with Crippen LogP contribution in [0.3, 0.4) is 0 Å². The van der Waals surface area contributed by atoms with E-state index in [0.29, 0.717) is 5.65 Å². The van der Waals surface area contributed by atoms with E-state index in [9.17, 15) is 14.7 Å². The zero-order chi connectivity index (χ0) is 18.0. The quantitative estimate of drug-likeness (QED) is 0.578. The minimum absolute atomic E-state index is 0.0715. The smallest absolute Gasteiger partial charge is 0.358 e. The van der Waals surface area contributed by atoms with Crippen LogP contribution in [-0.4, -0.2) is 33.5 Å². The fourth-order valence-corrected chi connectivity index (χ4v) is 2.32. The van der Waals surface area contributed by atoms with Gasteiger partial charge in [0, 0.05) is 6.20 Å². The van der Waals surface area contributed by atoms with E-state index in [4.69, 9.17) is 4.74 Å². The van der Waals surface area contributed by atoms with Gasteiger partial charge < -0.3 is 9.84 Å². The van der Waals surface area contributed by atoms with Crippen LogP contribution in [0.4, 0.5) is 11.5 Å². The van der Waals surface area contributed by atoms with Crippen LogP contribution in [0, 0.1) is 6.92 Å². The second-order valence-electron chi connectivity index (χ2n) is 5.23. The number of carboxylic acid groups (broad SMARTS) is 1. The number of fused-ring (bicyclic) bond motifs is 1. The van der Waals surface area contributed by atoms with Crippen LogP contribution in [0.1, 0.15) is 26.4 Å². The number of hydrogen-bond acceptors (Lipinski definition) is 6. The fourth-order valence-electron chi connectivity index (χ4n) is 2.32. The van der Waals surface area contributed by atoms with E-state index >= 15 is 0 Å². The Labute approximate surface area is 142 Å². The Hall–Kier alpha value is -3.55. The van der Waals surface area contributed by atoms with Crippen LogP contribution in [0.15, 0.2) is 52.8 Å². The number of aromatic nitrogens is 2. The van der Waals surface area contributed by atoms with Crippen LogP contribution < -0.4 is 0 Å². The van der Waals surface area contributed by atoms with Gasteiger partial charge in [-0.3, -0.25) is 4.40 Å². The molecule has 3 rings (SSSR count). The number of aryl methyl sites for hydroxylation is 1. The lowest BCUT2D eigenvalue weighted by atomic mass is 10.2. The van der Waals surface area contributed by atoms with Crippen molar-refractivity contribution in [1.82, 2.24) is 9.38 Å². The molecule has 0 spiro atoms. The Kier molecular flexibility index (Phi) is 4.25. The summed E-state index contributed by atoms with van der Waals surface area (Å²) in [6, 6.07) is 10.1. The monoisotopic (exact) mass is 338 g/mol. The Bertz CT molecular complexity index is 1010. The molecule has 2 aromatic heterocycles. The van der Waals surface area contributed by atoms with E-state index in [-0.39, 0.29) is 22.8 Å². The summed E-state index contributed by atoms with van der Waals surface area (Å²) in [5.41, 5.74) is 1.68. The molecule has 0 saturated carbocycles. The van der Waals surface area contributed by atoms with Gasteiger partial charge >= 0.3 is 11.9 Å². The Morgan fingerprint density at radius 3 is 2.68 bits per heavy atom. The molecule has 8 nitrogen and oxygen atoms in total. The number of aromatic carboxylic acids is 1. The number of ether oxygens (including phenoxy) is 1. The lowest BCUT2D eigenvalue weighted by Crippen LogP contribution is -2.00. The average Bonchev–Trinajstić information content (AvgIpc) is 2.97. The van der Waals surface area contributed by atoms with Gasteiger partial charge in [-0.2, -0.15) is 0 Å². The first kappa shape index (κ1) is 16.3. The molecule has 8 heteroatoms. The summed E-state index contributed by atoms with van der Waals surface area (Å²) in [7, 11) is 1.27. The maximum atomic E-state index is 11.8. The third-order valence-corrected chi connectivity index (χ3v) is 3.52. The number of pyridine rings is 1. The van der Waals surface area contributed by atoms with Gasteiger partial charge in [0.1, 0.15) is 11.3 Å². The summed E-state index contributed by atoms with van der Waals surface area (Å²) in [4.78, 5) is 27.3. The third kappa shape index (κ3) is 3.09. The third-order valence-electron chi connectivity index (χ3n) is 3.52. The molecule has 1 aromatic carbocycles. The van der Waals surface area contributed by atoms with Crippen molar-refractivity contribution in [3.63, 3.8) is 0 Å². The van der Waals surface area contributed by atoms with Crippen LogP contribution in [0.2, 0.25) is 0 Å². The summed E-state index contributed by atoms with van der Waals surface area (Å²) in [6.07, 6.45) is 1.67. The number of methoxy groups -OCH3 is 1. The van der Waals surface area contributed by atoms with Gasteiger partial charge in [0.05, 0.1) is 12.7 Å². The largest absolute Gasteiger partial charge is 0.476 e. The molecule has 0 unspecified atom stereocenters. The fraction of sp³-hybridized carbons (Fsp3) is 0.118. The second-order valence-corrected chi connectivity index (χ2v) is 5.23. The summed E-state index contributed by atoms with van der Waals surface area (Å²) in [6.45, 7) is 1.88. The highest BCUT2D eigenvalue weighted by atomic mass is 16.5. The molecule has 0 fully saturated rings. The summed E-state index contributed by atoms with van der Waals surface area (Å²) in [5.74, 6) is -1.69. The van der Waals surface area contributed by atoms with Crippen molar-refractivity contribution in [3.8, 4) is 0 Å². The van der Waals surface area contributed by atoms with Crippen LogP contribution in [0.25, 0.3) is 5.65 Å². The molecule has 0 atom stereocenters. The number of azo groups is 1. The lowest BCUT2D eigenvalue weighted by molar-refractivity contribution is 0.0600. The zero-order valence-corrected chi connectivity index (χ0v) is 13.5. The van der Waals surface area contributed by atoms with E-state index in [1.54, 1.807) is 36.5 Å². The van der Waals surface area contributed by atoms with Crippen LogP contribution in [0.5, 0.6) is 0 Å².